The van der Waals surface area contributed by atoms with E-state index in [0.717, 1.165) is 18.4 Å². The third-order valence-electron chi connectivity index (χ3n) is 3.54. The van der Waals surface area contributed by atoms with Crippen molar-refractivity contribution in [2.45, 2.75) is 52.6 Å². The van der Waals surface area contributed by atoms with Gasteiger partial charge in [0.2, 0.25) is 11.8 Å². The van der Waals surface area contributed by atoms with Gasteiger partial charge in [-0.2, -0.15) is 0 Å². The van der Waals surface area contributed by atoms with E-state index in [1.807, 2.05) is 13.8 Å². The molecular weight excluding hydrogens is 335 g/mol. The third kappa shape index (κ3) is 6.04. The SMILES string of the molecule is CCCNC(=O)[C@H](C)N(Cc1ccc(Cl)cc1Cl)C(=O)CCC. The van der Waals surface area contributed by atoms with Crippen LogP contribution in [-0.2, 0) is 16.1 Å². The number of nitrogens with zero attached hydrogens (tertiary/aromatic N) is 1. The van der Waals surface area contributed by atoms with E-state index in [-0.39, 0.29) is 18.4 Å². The lowest BCUT2D eigenvalue weighted by Crippen LogP contribution is -2.47. The molecule has 1 aromatic carbocycles. The monoisotopic (exact) mass is 358 g/mol. The molecule has 1 N–H and O–H groups in total. The van der Waals surface area contributed by atoms with Gasteiger partial charge in [0.1, 0.15) is 6.04 Å². The summed E-state index contributed by atoms with van der Waals surface area (Å²) in [6.45, 7) is 6.55. The average molecular weight is 359 g/mol. The summed E-state index contributed by atoms with van der Waals surface area (Å²) >= 11 is 12.1. The van der Waals surface area contributed by atoms with Crippen molar-refractivity contribution < 1.29 is 9.59 Å². The minimum absolute atomic E-state index is 0.0577. The van der Waals surface area contributed by atoms with Crippen LogP contribution in [0.15, 0.2) is 18.2 Å². The van der Waals surface area contributed by atoms with Gasteiger partial charge in [0.15, 0.2) is 0 Å². The molecule has 0 bridgehead atoms. The second-order valence-electron chi connectivity index (χ2n) is 5.47. The minimum Gasteiger partial charge on any atom is -0.354 e. The number of benzene rings is 1. The maximum Gasteiger partial charge on any atom is 0.242 e. The summed E-state index contributed by atoms with van der Waals surface area (Å²) in [6, 6.07) is 4.61. The van der Waals surface area contributed by atoms with Gasteiger partial charge in [-0.15, -0.1) is 0 Å². The molecule has 0 aliphatic carbocycles. The van der Waals surface area contributed by atoms with E-state index in [4.69, 9.17) is 23.2 Å². The van der Waals surface area contributed by atoms with Crippen molar-refractivity contribution in [1.29, 1.82) is 0 Å². The molecule has 128 valence electrons. The van der Waals surface area contributed by atoms with Gasteiger partial charge in [-0.1, -0.05) is 43.1 Å². The topological polar surface area (TPSA) is 49.4 Å². The Morgan fingerprint density at radius 2 is 1.91 bits per heavy atom. The highest BCUT2D eigenvalue weighted by molar-refractivity contribution is 6.35. The van der Waals surface area contributed by atoms with Crippen molar-refractivity contribution in [1.82, 2.24) is 10.2 Å². The molecule has 0 saturated heterocycles. The van der Waals surface area contributed by atoms with Crippen LogP contribution in [0.1, 0.15) is 45.6 Å². The van der Waals surface area contributed by atoms with Crippen molar-refractivity contribution in [3.8, 4) is 0 Å². The van der Waals surface area contributed by atoms with E-state index >= 15 is 0 Å². The summed E-state index contributed by atoms with van der Waals surface area (Å²) < 4.78 is 0. The van der Waals surface area contributed by atoms with Crippen LogP contribution in [0.3, 0.4) is 0 Å². The highest BCUT2D eigenvalue weighted by atomic mass is 35.5. The zero-order valence-corrected chi connectivity index (χ0v) is 15.4. The molecular formula is C17H24Cl2N2O2. The fourth-order valence-electron chi connectivity index (χ4n) is 2.17. The summed E-state index contributed by atoms with van der Waals surface area (Å²) in [7, 11) is 0. The molecule has 0 aromatic heterocycles. The molecule has 1 aromatic rings. The summed E-state index contributed by atoms with van der Waals surface area (Å²) in [6.07, 6.45) is 1.98. The molecule has 0 fully saturated rings. The number of amides is 2. The molecule has 0 heterocycles. The van der Waals surface area contributed by atoms with Gasteiger partial charge in [-0.3, -0.25) is 9.59 Å². The normalized spacial score (nSPS) is 11.9. The molecule has 23 heavy (non-hydrogen) atoms. The van der Waals surface area contributed by atoms with Gasteiger partial charge in [0.25, 0.3) is 0 Å². The van der Waals surface area contributed by atoms with Gasteiger partial charge >= 0.3 is 0 Å². The fraction of sp³-hybridized carbons (Fsp3) is 0.529. The Balaban J connectivity index is 2.95. The molecule has 0 unspecified atom stereocenters. The molecule has 0 spiro atoms. The van der Waals surface area contributed by atoms with Gasteiger partial charge in [0.05, 0.1) is 0 Å². The van der Waals surface area contributed by atoms with Crippen molar-refractivity contribution in [2.75, 3.05) is 6.54 Å². The van der Waals surface area contributed by atoms with Crippen molar-refractivity contribution in [3.05, 3.63) is 33.8 Å². The van der Waals surface area contributed by atoms with Crippen molar-refractivity contribution >= 4 is 35.0 Å². The van der Waals surface area contributed by atoms with Crippen LogP contribution in [0.2, 0.25) is 10.0 Å². The molecule has 1 rings (SSSR count). The first-order valence-corrected chi connectivity index (χ1v) is 8.67. The Hall–Kier alpha value is -1.26. The largest absolute Gasteiger partial charge is 0.354 e. The standard InChI is InChI=1S/C17H24Cl2N2O2/c1-4-6-16(22)21(12(3)17(23)20-9-5-2)11-13-7-8-14(18)10-15(13)19/h7-8,10,12H,4-6,9,11H2,1-3H3,(H,20,23)/t12-/m0/s1. The van der Waals surface area contributed by atoms with E-state index < -0.39 is 6.04 Å². The van der Waals surface area contributed by atoms with Crippen LogP contribution in [-0.4, -0.2) is 29.3 Å². The van der Waals surface area contributed by atoms with Crippen molar-refractivity contribution in [3.63, 3.8) is 0 Å². The van der Waals surface area contributed by atoms with Crippen LogP contribution in [0.4, 0.5) is 0 Å². The number of halogens is 2. The lowest BCUT2D eigenvalue weighted by Gasteiger charge is -2.29. The van der Waals surface area contributed by atoms with Gasteiger partial charge in [-0.25, -0.2) is 0 Å². The third-order valence-corrected chi connectivity index (χ3v) is 4.12. The van der Waals surface area contributed by atoms with Crippen LogP contribution >= 0.6 is 23.2 Å². The van der Waals surface area contributed by atoms with Gasteiger partial charge < -0.3 is 10.2 Å². The molecule has 0 saturated carbocycles. The van der Waals surface area contributed by atoms with Crippen molar-refractivity contribution in [2.24, 2.45) is 0 Å². The summed E-state index contributed by atoms with van der Waals surface area (Å²) in [4.78, 5) is 26.2. The number of nitrogens with one attached hydrogen (secondary N) is 1. The summed E-state index contributed by atoms with van der Waals surface area (Å²) in [5.74, 6) is -0.209. The number of hydrogen-bond acceptors (Lipinski definition) is 2. The second-order valence-corrected chi connectivity index (χ2v) is 6.32. The highest BCUT2D eigenvalue weighted by Crippen LogP contribution is 2.23. The zero-order chi connectivity index (χ0) is 17.4. The highest BCUT2D eigenvalue weighted by Gasteiger charge is 2.25. The Bertz CT molecular complexity index is 549. The summed E-state index contributed by atoms with van der Waals surface area (Å²) in [5.41, 5.74) is 0.774. The molecule has 2 amide bonds. The molecule has 0 radical (unpaired) electrons. The number of rotatable bonds is 8. The van der Waals surface area contributed by atoms with Gasteiger partial charge in [-0.05, 0) is 37.5 Å². The fourth-order valence-corrected chi connectivity index (χ4v) is 2.64. The Kier molecular flexibility index (Phi) is 8.42. The smallest absolute Gasteiger partial charge is 0.242 e. The maximum atomic E-state index is 12.4. The quantitative estimate of drug-likeness (QED) is 0.762. The number of carbonyl (C=O) groups excluding carboxylic acids is 2. The second kappa shape index (κ2) is 9.78. The van der Waals surface area contributed by atoms with E-state index in [9.17, 15) is 9.59 Å². The lowest BCUT2D eigenvalue weighted by molar-refractivity contribution is -0.140. The molecule has 0 aliphatic heterocycles. The van der Waals surface area contributed by atoms with E-state index in [2.05, 4.69) is 5.32 Å². The Morgan fingerprint density at radius 3 is 2.48 bits per heavy atom. The first-order valence-electron chi connectivity index (χ1n) is 7.91. The maximum absolute atomic E-state index is 12.4. The minimum atomic E-state index is -0.549. The number of carbonyl (C=O) groups is 2. The van der Waals surface area contributed by atoms with E-state index in [1.54, 1.807) is 30.0 Å². The molecule has 1 atom stereocenters. The molecule has 4 nitrogen and oxygen atoms in total. The zero-order valence-electron chi connectivity index (χ0n) is 13.9. The first-order chi connectivity index (χ1) is 10.9. The Morgan fingerprint density at radius 1 is 1.22 bits per heavy atom. The van der Waals surface area contributed by atoms with Crippen LogP contribution in [0, 0.1) is 0 Å². The molecule has 0 aliphatic rings. The first kappa shape index (κ1) is 19.8. The van der Waals surface area contributed by atoms with E-state index in [0.29, 0.717) is 23.0 Å². The Labute approximate surface area is 148 Å². The number of hydrogen-bond donors (Lipinski definition) is 1. The van der Waals surface area contributed by atoms with Gasteiger partial charge in [0, 0.05) is 29.6 Å². The average Bonchev–Trinajstić information content (AvgIpc) is 2.51. The molecule has 6 heteroatoms. The summed E-state index contributed by atoms with van der Waals surface area (Å²) in [5, 5.41) is 3.87. The predicted octanol–water partition coefficient (Wildman–Crippen LogP) is 4.04. The van der Waals surface area contributed by atoms with Crippen LogP contribution < -0.4 is 5.32 Å². The van der Waals surface area contributed by atoms with E-state index in [1.165, 1.54) is 0 Å². The van der Waals surface area contributed by atoms with Crippen LogP contribution in [0.25, 0.3) is 0 Å². The lowest BCUT2D eigenvalue weighted by atomic mass is 10.1. The van der Waals surface area contributed by atoms with Crippen LogP contribution in [0.5, 0.6) is 0 Å². The predicted molar refractivity (Wildman–Crippen MR) is 94.7 cm³/mol.